The van der Waals surface area contributed by atoms with Gasteiger partial charge in [-0.05, 0) is 48.5 Å². The van der Waals surface area contributed by atoms with Crippen LogP contribution in [0.1, 0.15) is 56.5 Å². The number of allylic oxidation sites excluding steroid dienone is 2. The third-order valence-corrected chi connectivity index (χ3v) is 10.3. The fourth-order valence-electron chi connectivity index (χ4n) is 2.93. The lowest BCUT2D eigenvalue weighted by Crippen LogP contribution is -2.45. The fourth-order valence-corrected chi connectivity index (χ4v) is 4.39. The second-order valence-corrected chi connectivity index (χ2v) is 13.6. The zero-order valence-electron chi connectivity index (χ0n) is 17.2. The van der Waals surface area contributed by atoms with Crippen LogP contribution in [0.15, 0.2) is 36.4 Å². The maximum atomic E-state index is 12.5. The molecule has 0 radical (unpaired) electrons. The Hall–Kier alpha value is -1.39. The van der Waals surface area contributed by atoms with Crippen LogP contribution in [0.4, 0.5) is 0 Å². The van der Waals surface area contributed by atoms with Crippen molar-refractivity contribution in [3.05, 3.63) is 47.5 Å². The van der Waals surface area contributed by atoms with E-state index in [1.165, 1.54) is 0 Å². The average Bonchev–Trinajstić information content (AvgIpc) is 2.55. The first-order valence-corrected chi connectivity index (χ1v) is 12.6. The van der Waals surface area contributed by atoms with Crippen molar-refractivity contribution in [2.24, 2.45) is 5.92 Å². The molecular formula is C22H34O3Si. The molecular weight excluding hydrogens is 340 g/mol. The molecule has 0 aromatic heterocycles. The van der Waals surface area contributed by atoms with Crippen LogP contribution in [0, 0.1) is 5.92 Å². The number of benzene rings is 1. The van der Waals surface area contributed by atoms with Crippen molar-refractivity contribution in [3.8, 4) is 0 Å². The summed E-state index contributed by atoms with van der Waals surface area (Å²) in [6.07, 6.45) is 6.99. The number of esters is 1. The van der Waals surface area contributed by atoms with Gasteiger partial charge in [-0.3, -0.25) is 0 Å². The number of rotatable bonds is 2. The maximum Gasteiger partial charge on any atom is 0.338 e. The van der Waals surface area contributed by atoms with E-state index >= 15 is 0 Å². The molecule has 0 bridgehead atoms. The first kappa shape index (κ1) is 20.9. The molecule has 26 heavy (non-hydrogen) atoms. The zero-order chi connectivity index (χ0) is 19.4. The zero-order valence-corrected chi connectivity index (χ0v) is 18.2. The van der Waals surface area contributed by atoms with E-state index in [1.807, 2.05) is 24.3 Å². The molecule has 4 heteroatoms. The van der Waals surface area contributed by atoms with Crippen molar-refractivity contribution in [3.63, 3.8) is 0 Å². The molecule has 0 aliphatic carbocycles. The number of fused-ring (bicyclic) bond motifs is 1. The molecule has 144 valence electrons. The number of hydrogen-bond acceptors (Lipinski definition) is 3. The Morgan fingerprint density at radius 3 is 2.54 bits per heavy atom. The topological polar surface area (TPSA) is 35.5 Å². The van der Waals surface area contributed by atoms with Gasteiger partial charge >= 0.3 is 5.97 Å². The van der Waals surface area contributed by atoms with E-state index in [9.17, 15) is 4.79 Å². The molecule has 0 spiro atoms. The second-order valence-electron chi connectivity index (χ2n) is 8.89. The molecule has 2 rings (SSSR count). The van der Waals surface area contributed by atoms with Crippen LogP contribution in [0.2, 0.25) is 18.1 Å². The van der Waals surface area contributed by atoms with Gasteiger partial charge in [0, 0.05) is 6.42 Å². The summed E-state index contributed by atoms with van der Waals surface area (Å²) in [5.41, 5.74) is 1.70. The Kier molecular flexibility index (Phi) is 6.86. The number of carbonyl (C=O) groups is 1. The minimum Gasteiger partial charge on any atom is -0.462 e. The van der Waals surface area contributed by atoms with Gasteiger partial charge in [0.1, 0.15) is 0 Å². The monoisotopic (exact) mass is 374 g/mol. The first-order chi connectivity index (χ1) is 12.1. The lowest BCUT2D eigenvalue weighted by molar-refractivity contribution is 0.0387. The Morgan fingerprint density at radius 2 is 1.85 bits per heavy atom. The van der Waals surface area contributed by atoms with Crippen molar-refractivity contribution >= 4 is 14.3 Å². The molecule has 0 fully saturated rings. The number of ether oxygens (including phenoxy) is 1. The van der Waals surface area contributed by atoms with Crippen LogP contribution in [0.25, 0.3) is 0 Å². The highest BCUT2D eigenvalue weighted by Gasteiger charge is 2.40. The number of carbonyl (C=O) groups excluding carboxylic acids is 1. The first-order valence-electron chi connectivity index (χ1n) is 9.69. The van der Waals surface area contributed by atoms with E-state index in [0.717, 1.165) is 24.8 Å². The van der Waals surface area contributed by atoms with E-state index in [4.69, 9.17) is 9.16 Å². The third-order valence-electron chi connectivity index (χ3n) is 5.77. The predicted molar refractivity (Wildman–Crippen MR) is 110 cm³/mol. The molecule has 1 aliphatic rings. The standard InChI is InChI=1S/C22H34O3Si/c1-17-11-7-8-12-18-13-9-10-14-19(18)21(23)24-16-15-20(17)25-26(5,6)22(2,3)4/h7-10,13-14,17,20H,11-12,15-16H2,1-6H3/b8-7+/t17-,20+/m1/s1. The fraction of sp³-hybridized carbons (Fsp3) is 0.591. The van der Waals surface area contributed by atoms with Crippen LogP contribution in [0.5, 0.6) is 0 Å². The van der Waals surface area contributed by atoms with Gasteiger partial charge in [-0.15, -0.1) is 0 Å². The highest BCUT2D eigenvalue weighted by Crippen LogP contribution is 2.38. The highest BCUT2D eigenvalue weighted by molar-refractivity contribution is 6.74. The summed E-state index contributed by atoms with van der Waals surface area (Å²) in [6, 6.07) is 7.71. The summed E-state index contributed by atoms with van der Waals surface area (Å²) in [5, 5.41) is 0.169. The van der Waals surface area contributed by atoms with Crippen LogP contribution >= 0.6 is 0 Å². The van der Waals surface area contributed by atoms with Gasteiger partial charge < -0.3 is 9.16 Å². The van der Waals surface area contributed by atoms with Crippen LogP contribution in [-0.4, -0.2) is 27.0 Å². The molecule has 0 saturated carbocycles. The van der Waals surface area contributed by atoms with E-state index in [-0.39, 0.29) is 17.1 Å². The van der Waals surface area contributed by atoms with Gasteiger partial charge in [0.25, 0.3) is 0 Å². The molecule has 2 atom stereocenters. The summed E-state index contributed by atoms with van der Waals surface area (Å²) in [7, 11) is -1.86. The SMILES string of the molecule is C[C@@H]1C/C=C/Cc2ccccc2C(=O)OCC[C@@H]1O[Si](C)(C)C(C)(C)C. The Bertz CT molecular complexity index is 643. The molecule has 3 nitrogen and oxygen atoms in total. The van der Waals surface area contributed by atoms with Crippen LogP contribution in [0.3, 0.4) is 0 Å². The van der Waals surface area contributed by atoms with Gasteiger partial charge in [-0.1, -0.05) is 58.0 Å². The molecule has 0 amide bonds. The molecule has 0 unspecified atom stereocenters. The number of cyclic esters (lactones) is 1. The molecule has 1 aliphatic heterocycles. The van der Waals surface area contributed by atoms with E-state index in [0.29, 0.717) is 18.1 Å². The maximum absolute atomic E-state index is 12.5. The largest absolute Gasteiger partial charge is 0.462 e. The van der Waals surface area contributed by atoms with Crippen LogP contribution in [-0.2, 0) is 15.6 Å². The predicted octanol–water partition coefficient (Wildman–Crippen LogP) is 5.76. The minimum atomic E-state index is -1.86. The normalized spacial score (nSPS) is 24.0. The van der Waals surface area contributed by atoms with Gasteiger partial charge in [0.2, 0.25) is 0 Å². The van der Waals surface area contributed by atoms with E-state index in [1.54, 1.807) is 0 Å². The van der Waals surface area contributed by atoms with Crippen molar-refractivity contribution < 1.29 is 14.0 Å². The summed E-state index contributed by atoms with van der Waals surface area (Å²) in [6.45, 7) is 14.0. The van der Waals surface area contributed by atoms with Crippen molar-refractivity contribution in [1.29, 1.82) is 0 Å². The smallest absolute Gasteiger partial charge is 0.338 e. The second kappa shape index (κ2) is 8.53. The Labute approximate surface area is 159 Å². The van der Waals surface area contributed by atoms with E-state index in [2.05, 4.69) is 52.9 Å². The molecule has 0 N–H and O–H groups in total. The quantitative estimate of drug-likeness (QED) is 0.375. The Balaban J connectivity index is 2.17. The van der Waals surface area contributed by atoms with Crippen molar-refractivity contribution in [1.82, 2.24) is 0 Å². The summed E-state index contributed by atoms with van der Waals surface area (Å²) in [5.74, 6) is 0.169. The van der Waals surface area contributed by atoms with Gasteiger partial charge in [0.05, 0.1) is 18.3 Å². The summed E-state index contributed by atoms with van der Waals surface area (Å²) in [4.78, 5) is 12.5. The highest BCUT2D eigenvalue weighted by atomic mass is 28.4. The molecule has 1 aromatic carbocycles. The summed E-state index contributed by atoms with van der Waals surface area (Å²) >= 11 is 0. The minimum absolute atomic E-state index is 0.114. The lowest BCUT2D eigenvalue weighted by Gasteiger charge is -2.41. The van der Waals surface area contributed by atoms with Gasteiger partial charge in [-0.25, -0.2) is 4.79 Å². The summed E-state index contributed by atoms with van der Waals surface area (Å²) < 4.78 is 12.3. The third kappa shape index (κ3) is 5.30. The van der Waals surface area contributed by atoms with E-state index < -0.39 is 8.32 Å². The molecule has 0 saturated heterocycles. The average molecular weight is 375 g/mol. The Morgan fingerprint density at radius 1 is 1.15 bits per heavy atom. The van der Waals surface area contributed by atoms with Crippen molar-refractivity contribution in [2.45, 2.75) is 71.2 Å². The molecule has 1 heterocycles. The molecule has 1 aromatic rings. The van der Waals surface area contributed by atoms with Gasteiger partial charge in [-0.2, -0.15) is 0 Å². The van der Waals surface area contributed by atoms with Crippen LogP contribution < -0.4 is 0 Å². The lowest BCUT2D eigenvalue weighted by atomic mass is 9.97. The number of hydrogen-bond donors (Lipinski definition) is 0. The van der Waals surface area contributed by atoms with Crippen molar-refractivity contribution in [2.75, 3.05) is 6.61 Å². The van der Waals surface area contributed by atoms with Gasteiger partial charge in [0.15, 0.2) is 8.32 Å².